The summed E-state index contributed by atoms with van der Waals surface area (Å²) in [7, 11) is 3.64. The molecule has 10 nitrogen and oxygen atoms in total. The first-order valence-corrected chi connectivity index (χ1v) is 7.51. The van der Waals surface area contributed by atoms with Crippen LogP contribution in [0, 0.1) is 10.1 Å². The number of carbonyl (C=O) groups excluding carboxylic acids is 3. The van der Waals surface area contributed by atoms with Crippen LogP contribution in [0.1, 0.15) is 17.9 Å². The van der Waals surface area contributed by atoms with Gasteiger partial charge in [0.25, 0.3) is 5.69 Å². The van der Waals surface area contributed by atoms with Gasteiger partial charge in [-0.2, -0.15) is 0 Å². The van der Waals surface area contributed by atoms with E-state index in [1.54, 1.807) is 0 Å². The van der Waals surface area contributed by atoms with E-state index >= 15 is 0 Å². The Bertz CT molecular complexity index is 659. The first kappa shape index (κ1) is 21.0. The van der Waals surface area contributed by atoms with E-state index in [0.29, 0.717) is 5.56 Å². The SMILES string of the molecule is COCC(=O)N[C@H](C(=O)OC)[C@H](CC(=O)OC)c1ccc([N+](=O)[O-])cc1. The number of methoxy groups -OCH3 is 3. The standard InChI is InChI=1S/C16H20N2O8/c1-24-9-13(19)17-15(16(21)26-3)12(8-14(20)25-2)10-4-6-11(7-5-10)18(22)23/h4-7,12,15H,8-9H2,1-3H3,(H,17,19)/t12-,15+/m1/s1. The molecule has 0 aromatic heterocycles. The van der Waals surface area contributed by atoms with Crippen molar-refractivity contribution in [2.24, 2.45) is 0 Å². The number of rotatable bonds is 9. The molecule has 2 atom stereocenters. The molecule has 0 bridgehead atoms. The number of benzene rings is 1. The van der Waals surface area contributed by atoms with E-state index in [0.717, 1.165) is 7.11 Å². The molecule has 142 valence electrons. The number of amides is 1. The van der Waals surface area contributed by atoms with Gasteiger partial charge in [-0.05, 0) is 5.56 Å². The Balaban J connectivity index is 3.24. The molecule has 0 aliphatic rings. The van der Waals surface area contributed by atoms with Crippen LogP contribution in [-0.2, 0) is 28.6 Å². The molecule has 0 unspecified atom stereocenters. The molecule has 26 heavy (non-hydrogen) atoms. The summed E-state index contributed by atoms with van der Waals surface area (Å²) in [6.07, 6.45) is -0.249. The van der Waals surface area contributed by atoms with Gasteiger partial charge in [-0.15, -0.1) is 0 Å². The van der Waals surface area contributed by atoms with Gasteiger partial charge in [-0.1, -0.05) is 12.1 Å². The van der Waals surface area contributed by atoms with E-state index in [9.17, 15) is 24.5 Å². The number of carbonyl (C=O) groups is 3. The number of non-ortho nitro benzene ring substituents is 1. The third-order valence-electron chi connectivity index (χ3n) is 3.60. The smallest absolute Gasteiger partial charge is 0.329 e. The largest absolute Gasteiger partial charge is 0.469 e. The van der Waals surface area contributed by atoms with Crippen LogP contribution in [0.15, 0.2) is 24.3 Å². The van der Waals surface area contributed by atoms with E-state index in [4.69, 9.17) is 9.47 Å². The lowest BCUT2D eigenvalue weighted by Crippen LogP contribution is -2.47. The topological polar surface area (TPSA) is 134 Å². The number of esters is 2. The predicted octanol–water partition coefficient (Wildman–Crippen LogP) is 0.546. The van der Waals surface area contributed by atoms with Crippen LogP contribution >= 0.6 is 0 Å². The highest BCUT2D eigenvalue weighted by atomic mass is 16.6. The fourth-order valence-corrected chi connectivity index (χ4v) is 2.33. The molecule has 10 heteroatoms. The normalized spacial score (nSPS) is 12.6. The number of ether oxygens (including phenoxy) is 3. The highest BCUT2D eigenvalue weighted by Crippen LogP contribution is 2.27. The summed E-state index contributed by atoms with van der Waals surface area (Å²) in [6, 6.07) is 4.09. The monoisotopic (exact) mass is 368 g/mol. The maximum absolute atomic E-state index is 12.2. The lowest BCUT2D eigenvalue weighted by Gasteiger charge is -2.25. The minimum Gasteiger partial charge on any atom is -0.469 e. The Morgan fingerprint density at radius 1 is 1.12 bits per heavy atom. The molecule has 0 fully saturated rings. The molecule has 0 radical (unpaired) electrons. The van der Waals surface area contributed by atoms with E-state index in [-0.39, 0.29) is 18.7 Å². The molecule has 0 saturated carbocycles. The Hall–Kier alpha value is -3.01. The van der Waals surface area contributed by atoms with E-state index in [1.807, 2.05) is 0 Å². The molecular weight excluding hydrogens is 348 g/mol. The molecule has 0 heterocycles. The predicted molar refractivity (Wildman–Crippen MR) is 88.3 cm³/mol. The molecule has 0 saturated heterocycles. The van der Waals surface area contributed by atoms with Gasteiger partial charge < -0.3 is 19.5 Å². The third kappa shape index (κ3) is 5.81. The molecule has 0 aliphatic heterocycles. The van der Waals surface area contributed by atoms with Gasteiger partial charge >= 0.3 is 11.9 Å². The summed E-state index contributed by atoms with van der Waals surface area (Å²) in [6.45, 7) is -0.293. The highest BCUT2D eigenvalue weighted by Gasteiger charge is 2.34. The number of hydrogen-bond donors (Lipinski definition) is 1. The van der Waals surface area contributed by atoms with Crippen molar-refractivity contribution < 1.29 is 33.5 Å². The molecule has 1 rings (SSSR count). The zero-order valence-electron chi connectivity index (χ0n) is 14.6. The minimum atomic E-state index is -1.21. The van der Waals surface area contributed by atoms with Crippen molar-refractivity contribution in [1.82, 2.24) is 5.32 Å². The third-order valence-corrected chi connectivity index (χ3v) is 3.60. The Kier molecular flexibility index (Phi) is 8.16. The average molecular weight is 368 g/mol. The molecule has 0 spiro atoms. The second-order valence-electron chi connectivity index (χ2n) is 5.24. The van der Waals surface area contributed by atoms with Crippen LogP contribution in [0.5, 0.6) is 0 Å². The van der Waals surface area contributed by atoms with Crippen molar-refractivity contribution in [3.05, 3.63) is 39.9 Å². The molecule has 1 amide bonds. The van der Waals surface area contributed by atoms with Crippen molar-refractivity contribution in [2.45, 2.75) is 18.4 Å². The zero-order chi connectivity index (χ0) is 19.7. The van der Waals surface area contributed by atoms with Gasteiger partial charge in [0.15, 0.2) is 0 Å². The van der Waals surface area contributed by atoms with Gasteiger partial charge in [0.05, 0.1) is 25.6 Å². The number of nitrogens with one attached hydrogen (secondary N) is 1. The summed E-state index contributed by atoms with van der Waals surface area (Å²) in [5.74, 6) is -2.83. The average Bonchev–Trinajstić information content (AvgIpc) is 2.63. The quantitative estimate of drug-likeness (QED) is 0.379. The lowest BCUT2D eigenvalue weighted by molar-refractivity contribution is -0.384. The Morgan fingerprint density at radius 2 is 1.73 bits per heavy atom. The molecule has 1 aromatic rings. The fourth-order valence-electron chi connectivity index (χ4n) is 2.33. The van der Waals surface area contributed by atoms with E-state index < -0.39 is 34.7 Å². The van der Waals surface area contributed by atoms with Crippen LogP contribution < -0.4 is 5.32 Å². The van der Waals surface area contributed by atoms with Crippen LogP contribution in [-0.4, -0.2) is 56.7 Å². The Morgan fingerprint density at radius 3 is 2.19 bits per heavy atom. The minimum absolute atomic E-state index is 0.149. The summed E-state index contributed by atoms with van der Waals surface area (Å²) in [5, 5.41) is 13.3. The maximum Gasteiger partial charge on any atom is 0.329 e. The summed E-state index contributed by atoms with van der Waals surface area (Å²) in [4.78, 5) is 46.0. The summed E-state index contributed by atoms with van der Waals surface area (Å²) < 4.78 is 14.1. The lowest BCUT2D eigenvalue weighted by atomic mass is 9.88. The molecule has 1 aromatic carbocycles. The second-order valence-corrected chi connectivity index (χ2v) is 5.24. The first-order chi connectivity index (χ1) is 12.3. The maximum atomic E-state index is 12.2. The van der Waals surface area contributed by atoms with Crippen molar-refractivity contribution in [2.75, 3.05) is 27.9 Å². The van der Waals surface area contributed by atoms with Crippen LogP contribution in [0.4, 0.5) is 5.69 Å². The Labute approximate surface area is 149 Å². The zero-order valence-corrected chi connectivity index (χ0v) is 14.6. The van der Waals surface area contributed by atoms with Gasteiger partial charge in [0.1, 0.15) is 12.6 Å². The number of nitro groups is 1. The molecule has 0 aliphatic carbocycles. The van der Waals surface area contributed by atoms with Crippen LogP contribution in [0.25, 0.3) is 0 Å². The summed E-state index contributed by atoms with van der Waals surface area (Å²) >= 11 is 0. The van der Waals surface area contributed by atoms with Gasteiger partial charge in [0, 0.05) is 25.2 Å². The highest BCUT2D eigenvalue weighted by molar-refractivity contribution is 5.86. The second kappa shape index (κ2) is 10.1. The number of hydrogen-bond acceptors (Lipinski definition) is 8. The van der Waals surface area contributed by atoms with E-state index in [1.165, 1.54) is 38.5 Å². The number of nitrogens with zero attached hydrogens (tertiary/aromatic N) is 1. The molecule has 1 N–H and O–H groups in total. The van der Waals surface area contributed by atoms with Crippen LogP contribution in [0.2, 0.25) is 0 Å². The fraction of sp³-hybridized carbons (Fsp3) is 0.438. The summed E-state index contributed by atoms with van der Waals surface area (Å²) in [5.41, 5.74) is 0.276. The van der Waals surface area contributed by atoms with Gasteiger partial charge in [-0.3, -0.25) is 19.7 Å². The first-order valence-electron chi connectivity index (χ1n) is 7.51. The molecular formula is C16H20N2O8. The van der Waals surface area contributed by atoms with Gasteiger partial charge in [0.2, 0.25) is 5.91 Å². The van der Waals surface area contributed by atoms with E-state index in [2.05, 4.69) is 10.1 Å². The van der Waals surface area contributed by atoms with Gasteiger partial charge in [-0.25, -0.2) is 4.79 Å². The van der Waals surface area contributed by atoms with Crippen LogP contribution in [0.3, 0.4) is 0 Å². The number of nitro benzene ring substituents is 1. The van der Waals surface area contributed by atoms with Crippen molar-refractivity contribution in [1.29, 1.82) is 0 Å². The van der Waals surface area contributed by atoms with Crippen molar-refractivity contribution >= 4 is 23.5 Å². The van der Waals surface area contributed by atoms with Crippen molar-refractivity contribution in [3.63, 3.8) is 0 Å². The van der Waals surface area contributed by atoms with Crippen molar-refractivity contribution in [3.8, 4) is 0 Å².